The van der Waals surface area contributed by atoms with Crippen molar-refractivity contribution in [2.24, 2.45) is 5.92 Å². The number of ether oxygens (including phenoxy) is 1. The molecule has 132 valence electrons. The van der Waals surface area contributed by atoms with E-state index in [4.69, 9.17) is 9.15 Å². The van der Waals surface area contributed by atoms with E-state index in [1.54, 1.807) is 18.2 Å². The Balaban J connectivity index is 1.75. The van der Waals surface area contributed by atoms with Crippen molar-refractivity contribution in [1.29, 1.82) is 0 Å². The minimum absolute atomic E-state index is 0.0544. The number of benzene rings is 1. The van der Waals surface area contributed by atoms with E-state index in [9.17, 15) is 14.4 Å². The zero-order valence-corrected chi connectivity index (χ0v) is 14.1. The second-order valence-electron chi connectivity index (χ2n) is 5.85. The van der Waals surface area contributed by atoms with E-state index >= 15 is 0 Å². The number of amides is 2. The molecular weight excluding hydrogens is 324 g/mol. The molecule has 0 aliphatic rings. The summed E-state index contributed by atoms with van der Waals surface area (Å²) in [4.78, 5) is 35.0. The van der Waals surface area contributed by atoms with Gasteiger partial charge in [0.1, 0.15) is 0 Å². The van der Waals surface area contributed by atoms with Gasteiger partial charge in [0.25, 0.3) is 5.91 Å². The van der Waals surface area contributed by atoms with Gasteiger partial charge >= 0.3 is 11.9 Å². The summed E-state index contributed by atoms with van der Waals surface area (Å²) in [7, 11) is 0. The highest BCUT2D eigenvalue weighted by atomic mass is 16.5. The fourth-order valence-electron chi connectivity index (χ4n) is 2.09. The summed E-state index contributed by atoms with van der Waals surface area (Å²) in [6.45, 7) is 3.72. The van der Waals surface area contributed by atoms with Crippen molar-refractivity contribution in [3.63, 3.8) is 0 Å². The van der Waals surface area contributed by atoms with E-state index in [0.29, 0.717) is 11.5 Å². The zero-order valence-electron chi connectivity index (χ0n) is 14.1. The highest BCUT2D eigenvalue weighted by molar-refractivity contribution is 5.94. The third-order valence-corrected chi connectivity index (χ3v) is 3.23. The number of carbonyl (C=O) groups excluding carboxylic acids is 3. The molecule has 0 atom stereocenters. The topological polar surface area (TPSA) is 97.6 Å². The first-order chi connectivity index (χ1) is 12.0. The lowest BCUT2D eigenvalue weighted by molar-refractivity contribution is -0.125. The lowest BCUT2D eigenvalue weighted by Crippen LogP contribution is -2.43. The molecule has 2 aromatic rings. The van der Waals surface area contributed by atoms with Crippen LogP contribution in [0.15, 0.2) is 47.1 Å². The molecule has 0 fully saturated rings. The molecular formula is C18H20N2O5. The standard InChI is InChI=1S/C18H20N2O5/c1-12(2)10-13-5-7-14(8-6-13)18(23)25-11-16(21)19-20-17(22)15-4-3-9-24-15/h3-9,12H,10-11H2,1-2H3,(H,19,21)(H,20,22). The molecule has 1 aromatic carbocycles. The first-order valence-electron chi connectivity index (χ1n) is 7.84. The molecule has 0 aliphatic carbocycles. The first-order valence-corrected chi connectivity index (χ1v) is 7.84. The van der Waals surface area contributed by atoms with Crippen molar-refractivity contribution >= 4 is 17.8 Å². The van der Waals surface area contributed by atoms with Crippen LogP contribution < -0.4 is 10.9 Å². The molecule has 0 radical (unpaired) electrons. The van der Waals surface area contributed by atoms with Crippen LogP contribution in [-0.2, 0) is 16.0 Å². The molecule has 1 aromatic heterocycles. The average molecular weight is 344 g/mol. The van der Waals surface area contributed by atoms with E-state index < -0.39 is 24.4 Å². The Labute approximate surface area is 145 Å². The molecule has 2 amide bonds. The van der Waals surface area contributed by atoms with Crippen molar-refractivity contribution < 1.29 is 23.5 Å². The molecule has 2 rings (SSSR count). The summed E-state index contributed by atoms with van der Waals surface area (Å²) in [5, 5.41) is 0. The Kier molecular flexibility index (Phi) is 6.33. The molecule has 25 heavy (non-hydrogen) atoms. The number of hydrazine groups is 1. The SMILES string of the molecule is CC(C)Cc1ccc(C(=O)OCC(=O)NNC(=O)c2ccco2)cc1. The van der Waals surface area contributed by atoms with E-state index in [2.05, 4.69) is 24.7 Å². The van der Waals surface area contributed by atoms with Crippen molar-refractivity contribution in [3.05, 3.63) is 59.5 Å². The highest BCUT2D eigenvalue weighted by Crippen LogP contribution is 2.10. The number of rotatable bonds is 6. The van der Waals surface area contributed by atoms with Crippen molar-refractivity contribution in [2.75, 3.05) is 6.61 Å². The third kappa shape index (κ3) is 5.80. The van der Waals surface area contributed by atoms with Gasteiger partial charge in [0.05, 0.1) is 11.8 Å². The van der Waals surface area contributed by atoms with Crippen LogP contribution in [0, 0.1) is 5.92 Å². The molecule has 0 unspecified atom stereocenters. The molecule has 7 heteroatoms. The number of carbonyl (C=O) groups is 3. The number of hydrogen-bond acceptors (Lipinski definition) is 5. The maximum Gasteiger partial charge on any atom is 0.338 e. The maximum atomic E-state index is 11.9. The van der Waals surface area contributed by atoms with Crippen molar-refractivity contribution in [3.8, 4) is 0 Å². The average Bonchev–Trinajstić information content (AvgIpc) is 3.12. The quantitative estimate of drug-likeness (QED) is 0.618. The Morgan fingerprint density at radius 1 is 1.08 bits per heavy atom. The Hall–Kier alpha value is -3.09. The molecule has 0 saturated carbocycles. The van der Waals surface area contributed by atoms with Gasteiger partial charge in [-0.25, -0.2) is 4.79 Å². The van der Waals surface area contributed by atoms with Crippen LogP contribution in [-0.4, -0.2) is 24.4 Å². The number of hydrogen-bond donors (Lipinski definition) is 2. The minimum atomic E-state index is -0.662. The van der Waals surface area contributed by atoms with Gasteiger partial charge in [0.2, 0.25) is 0 Å². The van der Waals surface area contributed by atoms with Gasteiger partial charge in [-0.05, 0) is 42.2 Å². The van der Waals surface area contributed by atoms with Crippen LogP contribution in [0.3, 0.4) is 0 Å². The van der Waals surface area contributed by atoms with Crippen LogP contribution in [0.1, 0.15) is 40.3 Å². The van der Waals surface area contributed by atoms with Crippen LogP contribution in [0.2, 0.25) is 0 Å². The third-order valence-electron chi connectivity index (χ3n) is 3.23. The summed E-state index contributed by atoms with van der Waals surface area (Å²) in [5.74, 6) is -1.30. The summed E-state index contributed by atoms with van der Waals surface area (Å²) >= 11 is 0. The van der Waals surface area contributed by atoms with Crippen LogP contribution in [0.25, 0.3) is 0 Å². The summed E-state index contributed by atoms with van der Waals surface area (Å²) in [6.07, 6.45) is 2.26. The predicted octanol–water partition coefficient (Wildman–Crippen LogP) is 2.10. The minimum Gasteiger partial charge on any atom is -0.459 e. The summed E-state index contributed by atoms with van der Waals surface area (Å²) in [6, 6.07) is 10.0. The van der Waals surface area contributed by atoms with Gasteiger partial charge < -0.3 is 9.15 Å². The predicted molar refractivity (Wildman–Crippen MR) is 89.6 cm³/mol. The van der Waals surface area contributed by atoms with Gasteiger partial charge in [-0.3, -0.25) is 20.4 Å². The number of esters is 1. The summed E-state index contributed by atoms with van der Waals surface area (Å²) in [5.41, 5.74) is 5.77. The number of nitrogens with one attached hydrogen (secondary N) is 2. The van der Waals surface area contributed by atoms with Crippen molar-refractivity contribution in [1.82, 2.24) is 10.9 Å². The maximum absolute atomic E-state index is 11.9. The first kappa shape index (κ1) is 18.3. The molecule has 7 nitrogen and oxygen atoms in total. The van der Waals surface area contributed by atoms with E-state index in [1.165, 1.54) is 12.3 Å². The van der Waals surface area contributed by atoms with Gasteiger partial charge in [0, 0.05) is 0 Å². The smallest absolute Gasteiger partial charge is 0.338 e. The normalized spacial score (nSPS) is 10.4. The van der Waals surface area contributed by atoms with E-state index in [-0.39, 0.29) is 5.76 Å². The number of furan rings is 1. The molecule has 2 N–H and O–H groups in total. The zero-order chi connectivity index (χ0) is 18.2. The van der Waals surface area contributed by atoms with Gasteiger partial charge in [-0.15, -0.1) is 0 Å². The van der Waals surface area contributed by atoms with Crippen LogP contribution >= 0.6 is 0 Å². The Morgan fingerprint density at radius 3 is 2.40 bits per heavy atom. The molecule has 0 aliphatic heterocycles. The van der Waals surface area contributed by atoms with E-state index in [0.717, 1.165) is 12.0 Å². The van der Waals surface area contributed by atoms with Crippen molar-refractivity contribution in [2.45, 2.75) is 20.3 Å². The lowest BCUT2D eigenvalue weighted by Gasteiger charge is -2.08. The van der Waals surface area contributed by atoms with Gasteiger partial charge in [0.15, 0.2) is 12.4 Å². The highest BCUT2D eigenvalue weighted by Gasteiger charge is 2.12. The van der Waals surface area contributed by atoms with Crippen LogP contribution in [0.5, 0.6) is 0 Å². The molecule has 0 saturated heterocycles. The fraction of sp³-hybridized carbons (Fsp3) is 0.278. The fourth-order valence-corrected chi connectivity index (χ4v) is 2.09. The molecule has 1 heterocycles. The van der Waals surface area contributed by atoms with Crippen LogP contribution in [0.4, 0.5) is 0 Å². The Morgan fingerprint density at radius 2 is 1.80 bits per heavy atom. The Bertz CT molecular complexity index is 720. The largest absolute Gasteiger partial charge is 0.459 e. The van der Waals surface area contributed by atoms with Gasteiger partial charge in [-0.1, -0.05) is 26.0 Å². The van der Waals surface area contributed by atoms with Gasteiger partial charge in [-0.2, -0.15) is 0 Å². The molecule has 0 spiro atoms. The monoisotopic (exact) mass is 344 g/mol. The second-order valence-corrected chi connectivity index (χ2v) is 5.85. The summed E-state index contributed by atoms with van der Waals surface area (Å²) < 4.78 is 9.78. The van der Waals surface area contributed by atoms with E-state index in [1.807, 2.05) is 12.1 Å². The molecule has 0 bridgehead atoms. The lowest BCUT2D eigenvalue weighted by atomic mass is 10.0. The second kappa shape index (κ2) is 8.68.